The van der Waals surface area contributed by atoms with Gasteiger partial charge in [-0.25, -0.2) is 9.97 Å². The second-order valence-corrected chi connectivity index (χ2v) is 5.73. The lowest BCUT2D eigenvalue weighted by Crippen LogP contribution is -2.32. The van der Waals surface area contributed by atoms with Crippen LogP contribution in [-0.2, 0) is 6.42 Å². The molecule has 1 aliphatic rings. The summed E-state index contributed by atoms with van der Waals surface area (Å²) < 4.78 is 0. The van der Waals surface area contributed by atoms with Gasteiger partial charge in [-0.2, -0.15) is 0 Å². The molecule has 20 heavy (non-hydrogen) atoms. The Labute approximate surface area is 114 Å². The first-order valence-corrected chi connectivity index (χ1v) is 6.37. The fourth-order valence-corrected chi connectivity index (χ4v) is 2.29. The smallest absolute Gasteiger partial charge is 0.271 e. The summed E-state index contributed by atoms with van der Waals surface area (Å²) in [5.74, 6) is 0.242. The molecule has 0 atom stereocenters. The number of carbonyl (C=O) groups is 1. The third kappa shape index (κ3) is 2.22. The molecule has 7 heteroatoms. The molecule has 0 fully saturated rings. The maximum Gasteiger partial charge on any atom is 0.271 e. The molecule has 1 aliphatic heterocycles. The van der Waals surface area contributed by atoms with Crippen molar-refractivity contribution in [2.45, 2.75) is 20.3 Å². The van der Waals surface area contributed by atoms with E-state index in [0.29, 0.717) is 30.2 Å². The SMILES string of the molecule is CC1(C)CNC(=O)c2nc(-c3cc(=O)[nH]cn3)[nH]c2C1. The van der Waals surface area contributed by atoms with Crippen molar-refractivity contribution in [3.63, 3.8) is 0 Å². The number of fused-ring (bicyclic) bond motifs is 1. The second kappa shape index (κ2) is 4.29. The Balaban J connectivity index is 2.08. The largest absolute Gasteiger partial charge is 0.350 e. The van der Waals surface area contributed by atoms with Crippen molar-refractivity contribution >= 4 is 5.91 Å². The normalized spacial score (nSPS) is 17.2. The van der Waals surface area contributed by atoms with Gasteiger partial charge in [-0.3, -0.25) is 9.59 Å². The molecule has 0 unspecified atom stereocenters. The minimum atomic E-state index is -0.258. The Bertz CT molecular complexity index is 728. The van der Waals surface area contributed by atoms with Crippen LogP contribution in [-0.4, -0.2) is 32.4 Å². The fraction of sp³-hybridized carbons (Fsp3) is 0.385. The number of amides is 1. The van der Waals surface area contributed by atoms with Crippen molar-refractivity contribution in [1.29, 1.82) is 0 Å². The topological polar surface area (TPSA) is 104 Å². The van der Waals surface area contributed by atoms with Crippen LogP contribution in [0.4, 0.5) is 0 Å². The van der Waals surface area contributed by atoms with Crippen LogP contribution in [0.3, 0.4) is 0 Å². The van der Waals surface area contributed by atoms with Crippen molar-refractivity contribution in [2.75, 3.05) is 6.54 Å². The number of imidazole rings is 1. The van der Waals surface area contributed by atoms with Gasteiger partial charge in [0.05, 0.1) is 6.33 Å². The van der Waals surface area contributed by atoms with Gasteiger partial charge >= 0.3 is 0 Å². The van der Waals surface area contributed by atoms with E-state index in [2.05, 4.69) is 39.1 Å². The van der Waals surface area contributed by atoms with E-state index in [1.807, 2.05) is 0 Å². The van der Waals surface area contributed by atoms with Crippen LogP contribution in [0.25, 0.3) is 11.5 Å². The summed E-state index contributed by atoms with van der Waals surface area (Å²) in [6.07, 6.45) is 2.02. The zero-order chi connectivity index (χ0) is 14.3. The predicted octanol–water partition coefficient (Wildman–Crippen LogP) is 0.472. The lowest BCUT2D eigenvalue weighted by atomic mass is 9.88. The van der Waals surface area contributed by atoms with E-state index in [1.54, 1.807) is 0 Å². The molecule has 3 heterocycles. The monoisotopic (exact) mass is 273 g/mol. The number of rotatable bonds is 1. The molecule has 0 aromatic carbocycles. The van der Waals surface area contributed by atoms with Crippen molar-refractivity contribution in [2.24, 2.45) is 5.41 Å². The highest BCUT2D eigenvalue weighted by Gasteiger charge is 2.30. The molecule has 104 valence electrons. The summed E-state index contributed by atoms with van der Waals surface area (Å²) in [5, 5.41) is 2.86. The molecule has 0 saturated heterocycles. The molecule has 0 spiro atoms. The van der Waals surface area contributed by atoms with Gasteiger partial charge in [-0.05, 0) is 11.8 Å². The van der Waals surface area contributed by atoms with E-state index >= 15 is 0 Å². The number of aromatic amines is 2. The van der Waals surface area contributed by atoms with Crippen LogP contribution in [0.15, 0.2) is 17.2 Å². The number of nitrogens with zero attached hydrogens (tertiary/aromatic N) is 2. The Kier molecular flexibility index (Phi) is 2.70. The number of hydrogen-bond acceptors (Lipinski definition) is 4. The summed E-state index contributed by atoms with van der Waals surface area (Å²) in [5.41, 5.74) is 1.28. The van der Waals surface area contributed by atoms with Gasteiger partial charge in [0.25, 0.3) is 11.5 Å². The number of aromatic nitrogens is 4. The molecule has 3 N–H and O–H groups in total. The zero-order valence-corrected chi connectivity index (χ0v) is 11.3. The standard InChI is InChI=1S/C13H15N5O2/c1-13(2)4-8-10(12(20)14-5-13)18-11(17-8)7-3-9(19)16-6-15-7/h3,6H,4-5H2,1-2H3,(H,14,20)(H,17,18)(H,15,16,19). The molecule has 3 rings (SSSR count). The van der Waals surface area contributed by atoms with Crippen molar-refractivity contribution in [1.82, 2.24) is 25.3 Å². The highest BCUT2D eigenvalue weighted by Crippen LogP contribution is 2.26. The molecule has 1 amide bonds. The number of H-pyrrole nitrogens is 2. The lowest BCUT2D eigenvalue weighted by Gasteiger charge is -2.21. The molecule has 0 saturated carbocycles. The summed E-state index contributed by atoms with van der Waals surface area (Å²) in [7, 11) is 0. The van der Waals surface area contributed by atoms with Crippen LogP contribution in [0.2, 0.25) is 0 Å². The van der Waals surface area contributed by atoms with E-state index in [4.69, 9.17) is 0 Å². The molecule has 2 aromatic heterocycles. The van der Waals surface area contributed by atoms with Crippen LogP contribution in [0.1, 0.15) is 30.0 Å². The van der Waals surface area contributed by atoms with Gasteiger partial charge in [0, 0.05) is 18.3 Å². The predicted molar refractivity (Wildman–Crippen MR) is 72.3 cm³/mol. The van der Waals surface area contributed by atoms with E-state index in [-0.39, 0.29) is 16.9 Å². The summed E-state index contributed by atoms with van der Waals surface area (Å²) in [6.45, 7) is 4.76. The van der Waals surface area contributed by atoms with E-state index in [1.165, 1.54) is 12.4 Å². The zero-order valence-electron chi connectivity index (χ0n) is 11.3. The molecular formula is C13H15N5O2. The quantitative estimate of drug-likeness (QED) is 0.702. The van der Waals surface area contributed by atoms with Crippen LogP contribution >= 0.6 is 0 Å². The van der Waals surface area contributed by atoms with Gasteiger partial charge in [0.1, 0.15) is 11.4 Å². The van der Waals surface area contributed by atoms with Gasteiger partial charge < -0.3 is 15.3 Å². The average molecular weight is 273 g/mol. The van der Waals surface area contributed by atoms with Crippen molar-refractivity contribution in [3.8, 4) is 11.5 Å². The molecule has 0 bridgehead atoms. The second-order valence-electron chi connectivity index (χ2n) is 5.73. The van der Waals surface area contributed by atoms with Gasteiger partial charge in [-0.1, -0.05) is 13.8 Å². The maximum absolute atomic E-state index is 12.0. The Morgan fingerprint density at radius 3 is 2.85 bits per heavy atom. The Morgan fingerprint density at radius 1 is 1.30 bits per heavy atom. The van der Waals surface area contributed by atoms with Crippen molar-refractivity contribution < 1.29 is 4.79 Å². The molecule has 2 aromatic rings. The van der Waals surface area contributed by atoms with Gasteiger partial charge in [0.15, 0.2) is 5.82 Å². The number of carbonyl (C=O) groups excluding carboxylic acids is 1. The van der Waals surface area contributed by atoms with Crippen LogP contribution < -0.4 is 10.9 Å². The molecule has 7 nitrogen and oxygen atoms in total. The van der Waals surface area contributed by atoms with E-state index < -0.39 is 0 Å². The molecule has 0 aliphatic carbocycles. The highest BCUT2D eigenvalue weighted by molar-refractivity contribution is 5.94. The van der Waals surface area contributed by atoms with Crippen LogP contribution in [0.5, 0.6) is 0 Å². The summed E-state index contributed by atoms with van der Waals surface area (Å²) >= 11 is 0. The first-order chi connectivity index (χ1) is 9.44. The van der Waals surface area contributed by atoms with E-state index in [9.17, 15) is 9.59 Å². The first-order valence-electron chi connectivity index (χ1n) is 6.37. The van der Waals surface area contributed by atoms with Crippen molar-refractivity contribution in [3.05, 3.63) is 34.1 Å². The first kappa shape index (κ1) is 12.6. The van der Waals surface area contributed by atoms with Gasteiger partial charge in [-0.15, -0.1) is 0 Å². The third-order valence-electron chi connectivity index (χ3n) is 3.30. The Morgan fingerprint density at radius 2 is 2.10 bits per heavy atom. The number of nitrogens with one attached hydrogen (secondary N) is 3. The lowest BCUT2D eigenvalue weighted by molar-refractivity contribution is 0.0940. The third-order valence-corrected chi connectivity index (χ3v) is 3.30. The molecular weight excluding hydrogens is 258 g/mol. The minimum absolute atomic E-state index is 0.0493. The van der Waals surface area contributed by atoms with Crippen LogP contribution in [0, 0.1) is 5.41 Å². The fourth-order valence-electron chi connectivity index (χ4n) is 2.29. The number of hydrogen-bond donors (Lipinski definition) is 3. The maximum atomic E-state index is 12.0. The average Bonchev–Trinajstić information content (AvgIpc) is 2.75. The minimum Gasteiger partial charge on any atom is -0.350 e. The van der Waals surface area contributed by atoms with Gasteiger partial charge in [0.2, 0.25) is 0 Å². The molecule has 0 radical (unpaired) electrons. The summed E-state index contributed by atoms with van der Waals surface area (Å²) in [6, 6.07) is 1.35. The highest BCUT2D eigenvalue weighted by atomic mass is 16.2. The Hall–Kier alpha value is -2.44. The summed E-state index contributed by atoms with van der Waals surface area (Å²) in [4.78, 5) is 37.2. The van der Waals surface area contributed by atoms with E-state index in [0.717, 1.165) is 5.69 Å².